The van der Waals surface area contributed by atoms with Crippen molar-refractivity contribution in [3.8, 4) is 0 Å². The van der Waals surface area contributed by atoms with Crippen molar-refractivity contribution in [2.45, 2.75) is 78.0 Å². The fourth-order valence-electron chi connectivity index (χ4n) is 7.88. The molecule has 0 unspecified atom stereocenters. The predicted molar refractivity (Wildman–Crippen MR) is 170 cm³/mol. The first-order chi connectivity index (χ1) is 20.1. The average Bonchev–Trinajstić information content (AvgIpc) is 2.96. The molecule has 4 aliphatic rings. The Kier molecular flexibility index (Phi) is 7.87. The molecular formula is C34H46N6O2. The van der Waals surface area contributed by atoms with E-state index in [4.69, 9.17) is 4.99 Å². The van der Waals surface area contributed by atoms with Gasteiger partial charge in [-0.3, -0.25) is 9.36 Å². The van der Waals surface area contributed by atoms with Gasteiger partial charge < -0.3 is 20.6 Å². The zero-order valence-corrected chi connectivity index (χ0v) is 25.6. The maximum absolute atomic E-state index is 13.5. The van der Waals surface area contributed by atoms with Gasteiger partial charge in [0, 0.05) is 30.9 Å². The number of aliphatic hydroxyl groups excluding tert-OH is 1. The van der Waals surface area contributed by atoms with Crippen molar-refractivity contribution >= 4 is 22.5 Å². The van der Waals surface area contributed by atoms with Gasteiger partial charge in [-0.15, -0.1) is 0 Å². The van der Waals surface area contributed by atoms with E-state index in [0.717, 1.165) is 48.6 Å². The van der Waals surface area contributed by atoms with Gasteiger partial charge in [-0.25, -0.2) is 9.98 Å². The minimum atomic E-state index is -0.376. The molecule has 1 aromatic heterocycles. The second-order valence-corrected chi connectivity index (χ2v) is 13.7. The fraction of sp³-hybridized carbons (Fsp3) is 0.559. The minimum absolute atomic E-state index is 0.137. The molecule has 0 radical (unpaired) electrons. The summed E-state index contributed by atoms with van der Waals surface area (Å²) in [5.74, 6) is 2.93. The van der Waals surface area contributed by atoms with Crippen LogP contribution >= 0.6 is 0 Å². The molecule has 3 N–H and O–H groups in total. The van der Waals surface area contributed by atoms with E-state index in [2.05, 4.69) is 55.1 Å². The van der Waals surface area contributed by atoms with E-state index in [0.29, 0.717) is 46.8 Å². The van der Waals surface area contributed by atoms with Gasteiger partial charge in [0.2, 0.25) is 0 Å². The van der Waals surface area contributed by atoms with Crippen LogP contribution in [0.25, 0.3) is 10.9 Å². The van der Waals surface area contributed by atoms with E-state index < -0.39 is 0 Å². The molecule has 0 amide bonds. The van der Waals surface area contributed by atoms with Gasteiger partial charge in [-0.05, 0) is 80.0 Å². The summed E-state index contributed by atoms with van der Waals surface area (Å²) in [6.07, 6.45) is 4.61. The maximum atomic E-state index is 13.5. The molecule has 3 aromatic rings. The lowest BCUT2D eigenvalue weighted by Gasteiger charge is -2.61. The van der Waals surface area contributed by atoms with E-state index in [1.165, 1.54) is 6.42 Å². The highest BCUT2D eigenvalue weighted by Crippen LogP contribution is 2.61. The number of nitrogens with one attached hydrogen (secondary N) is 2. The molecule has 1 saturated heterocycles. The number of anilines is 1. The Morgan fingerprint density at radius 3 is 2.52 bits per heavy atom. The van der Waals surface area contributed by atoms with Gasteiger partial charge in [0.15, 0.2) is 5.96 Å². The Morgan fingerprint density at radius 1 is 1.12 bits per heavy atom. The van der Waals surface area contributed by atoms with Crippen LogP contribution in [0.1, 0.15) is 59.1 Å². The van der Waals surface area contributed by atoms with Crippen molar-refractivity contribution < 1.29 is 5.11 Å². The van der Waals surface area contributed by atoms with Crippen molar-refractivity contribution in [3.63, 3.8) is 0 Å². The van der Waals surface area contributed by atoms with Crippen molar-refractivity contribution in [1.82, 2.24) is 19.8 Å². The quantitative estimate of drug-likeness (QED) is 0.294. The minimum Gasteiger partial charge on any atom is -0.394 e. The highest BCUT2D eigenvalue weighted by atomic mass is 16.3. The van der Waals surface area contributed by atoms with E-state index in [1.54, 1.807) is 10.9 Å². The second-order valence-electron chi connectivity index (χ2n) is 13.7. The molecule has 2 bridgehead atoms. The zero-order chi connectivity index (χ0) is 29.6. The summed E-state index contributed by atoms with van der Waals surface area (Å²) < 4.78 is 1.57. The van der Waals surface area contributed by atoms with E-state index >= 15 is 0 Å². The summed E-state index contributed by atoms with van der Waals surface area (Å²) in [5, 5.41) is 18.0. The topological polar surface area (TPSA) is 94.8 Å². The fourth-order valence-corrected chi connectivity index (χ4v) is 7.88. The van der Waals surface area contributed by atoms with Crippen LogP contribution in [0.5, 0.6) is 0 Å². The molecule has 3 aliphatic carbocycles. The number of fused-ring (bicyclic) bond motifs is 3. The van der Waals surface area contributed by atoms with Crippen LogP contribution in [0.2, 0.25) is 0 Å². The Bertz CT molecular complexity index is 1490. The predicted octanol–water partition coefficient (Wildman–Crippen LogP) is 4.69. The van der Waals surface area contributed by atoms with E-state index in [9.17, 15) is 9.90 Å². The number of hydrogen-bond acceptors (Lipinski definition) is 5. The number of guanidine groups is 1. The number of benzene rings is 2. The third-order valence-electron chi connectivity index (χ3n) is 10.4. The van der Waals surface area contributed by atoms with Crippen LogP contribution < -0.4 is 16.2 Å². The molecule has 1 aliphatic heterocycles. The SMILES string of the molecule is C[C@@H]1[C@@H](N=C(Nc2ccc3c(=O)n([C@H](CO)Cc4ccccc4)cnc3c2)N2C[C@@H](C)N[C@@H](C)C2)C[C@H]2C[C@@H]1C2(C)C. The molecule has 8 heteroatoms. The molecule has 0 spiro atoms. The number of rotatable bonds is 6. The first-order valence-corrected chi connectivity index (χ1v) is 15.7. The largest absolute Gasteiger partial charge is 0.394 e. The van der Waals surface area contributed by atoms with Gasteiger partial charge in [0.25, 0.3) is 5.56 Å². The summed E-state index contributed by atoms with van der Waals surface area (Å²) in [7, 11) is 0. The summed E-state index contributed by atoms with van der Waals surface area (Å²) in [4.78, 5) is 26.0. The normalized spacial score (nSPS) is 29.7. The Balaban J connectivity index is 1.28. The molecule has 7 rings (SSSR count). The number of piperazine rings is 1. The third kappa shape index (κ3) is 5.47. The van der Waals surface area contributed by atoms with Crippen LogP contribution in [0.15, 0.2) is 64.6 Å². The lowest BCUT2D eigenvalue weighted by Crippen LogP contribution is -2.59. The third-order valence-corrected chi connectivity index (χ3v) is 10.4. The smallest absolute Gasteiger partial charge is 0.261 e. The monoisotopic (exact) mass is 570 g/mol. The van der Waals surface area contributed by atoms with Crippen molar-refractivity contribution in [1.29, 1.82) is 0 Å². The Morgan fingerprint density at radius 2 is 1.86 bits per heavy atom. The van der Waals surface area contributed by atoms with E-state index in [1.807, 2.05) is 48.5 Å². The van der Waals surface area contributed by atoms with Crippen molar-refractivity contribution in [2.24, 2.45) is 28.2 Å². The Labute approximate surface area is 249 Å². The zero-order valence-electron chi connectivity index (χ0n) is 25.6. The number of aromatic nitrogens is 2. The molecule has 2 aromatic carbocycles. The lowest BCUT2D eigenvalue weighted by atomic mass is 9.45. The van der Waals surface area contributed by atoms with Gasteiger partial charge >= 0.3 is 0 Å². The molecule has 7 atom stereocenters. The number of aliphatic hydroxyl groups is 1. The van der Waals surface area contributed by atoms with Gasteiger partial charge in [0.1, 0.15) is 0 Å². The summed E-state index contributed by atoms with van der Waals surface area (Å²) >= 11 is 0. The first-order valence-electron chi connectivity index (χ1n) is 15.7. The van der Waals surface area contributed by atoms with Crippen molar-refractivity contribution in [2.75, 3.05) is 25.0 Å². The highest BCUT2D eigenvalue weighted by molar-refractivity contribution is 5.96. The maximum Gasteiger partial charge on any atom is 0.261 e. The molecular weight excluding hydrogens is 524 g/mol. The average molecular weight is 571 g/mol. The van der Waals surface area contributed by atoms with Crippen molar-refractivity contribution in [3.05, 3.63) is 70.8 Å². The molecule has 2 heterocycles. The van der Waals surface area contributed by atoms with Crippen LogP contribution in [-0.2, 0) is 6.42 Å². The summed E-state index contributed by atoms with van der Waals surface area (Å²) in [6, 6.07) is 16.3. The van der Waals surface area contributed by atoms with E-state index in [-0.39, 0.29) is 18.2 Å². The van der Waals surface area contributed by atoms with Gasteiger partial charge in [-0.2, -0.15) is 0 Å². The Hall–Kier alpha value is -3.23. The number of aliphatic imine (C=N–C) groups is 1. The lowest BCUT2D eigenvalue weighted by molar-refractivity contribution is -0.108. The molecule has 224 valence electrons. The van der Waals surface area contributed by atoms with Crippen LogP contribution in [-0.4, -0.2) is 63.3 Å². The van der Waals surface area contributed by atoms with Crippen LogP contribution in [0.3, 0.4) is 0 Å². The van der Waals surface area contributed by atoms with Crippen LogP contribution in [0.4, 0.5) is 5.69 Å². The first kappa shape index (κ1) is 28.9. The van der Waals surface area contributed by atoms with Crippen LogP contribution in [0, 0.1) is 23.2 Å². The highest BCUT2D eigenvalue weighted by Gasteiger charge is 2.56. The molecule has 8 nitrogen and oxygen atoms in total. The van der Waals surface area contributed by atoms with Gasteiger partial charge in [0.05, 0.1) is 35.9 Å². The molecule has 42 heavy (non-hydrogen) atoms. The summed E-state index contributed by atoms with van der Waals surface area (Å²) in [5.41, 5.74) is 2.86. The molecule has 3 saturated carbocycles. The number of nitrogens with zero attached hydrogens (tertiary/aromatic N) is 4. The standard InChI is InChI=1S/C34H46N6O2/c1-21-17-39(18-22(2)36-21)33(38-30-15-25-14-29(23(30)3)34(25,4)5)37-26-11-12-28-31(16-26)35-20-40(32(28)42)27(19-41)13-24-9-7-6-8-10-24/h6-12,16,20-23,25,27,29-30,36,41H,13-15,17-19H2,1-5H3,(H,37,38)/t21-,22+,23-,25+,27-,29-,30-/m0/s1. The molecule has 4 fully saturated rings. The summed E-state index contributed by atoms with van der Waals surface area (Å²) in [6.45, 7) is 13.3. The second kappa shape index (κ2) is 11.5. The van der Waals surface area contributed by atoms with Gasteiger partial charge in [-0.1, -0.05) is 51.1 Å². The number of hydrogen-bond donors (Lipinski definition) is 3.